The van der Waals surface area contributed by atoms with E-state index in [1.165, 1.54) is 28.9 Å². The second-order valence-corrected chi connectivity index (χ2v) is 6.99. The van der Waals surface area contributed by atoms with Gasteiger partial charge in [-0.3, -0.25) is 4.79 Å². The number of hydrogen-bond acceptors (Lipinski definition) is 6. The van der Waals surface area contributed by atoms with Crippen LogP contribution in [0.4, 0.5) is 5.69 Å². The van der Waals surface area contributed by atoms with Crippen molar-refractivity contribution in [1.29, 1.82) is 0 Å². The lowest BCUT2D eigenvalue weighted by atomic mass is 10.3. The molecule has 122 valence electrons. The molecule has 2 aromatic heterocycles. The molecule has 1 aliphatic heterocycles. The largest absolute Gasteiger partial charge is 0.459 e. The third-order valence-electron chi connectivity index (χ3n) is 3.62. The lowest BCUT2D eigenvalue weighted by molar-refractivity contribution is 0.0666. The number of nitrogen functional groups attached to an aromatic ring is 1. The van der Waals surface area contributed by atoms with Crippen LogP contribution in [0.15, 0.2) is 46.2 Å². The molecule has 0 radical (unpaired) electrons. The van der Waals surface area contributed by atoms with Gasteiger partial charge in [0.25, 0.3) is 15.9 Å². The number of aromatic nitrogens is 1. The van der Waals surface area contributed by atoms with Crippen molar-refractivity contribution in [3.63, 3.8) is 0 Å². The van der Waals surface area contributed by atoms with Crippen molar-refractivity contribution in [2.24, 2.45) is 0 Å². The fourth-order valence-electron chi connectivity index (χ4n) is 2.36. The highest BCUT2D eigenvalue weighted by atomic mass is 32.2. The number of pyridine rings is 1. The van der Waals surface area contributed by atoms with Gasteiger partial charge in [0.2, 0.25) is 0 Å². The highest BCUT2D eigenvalue weighted by Gasteiger charge is 2.31. The van der Waals surface area contributed by atoms with Gasteiger partial charge in [-0.1, -0.05) is 0 Å². The average molecular weight is 336 g/mol. The van der Waals surface area contributed by atoms with Gasteiger partial charge in [0, 0.05) is 26.2 Å². The SMILES string of the molecule is Nc1ccc(S(=O)(=O)N2CCN(C(=O)c3ccco3)CC2)nc1. The molecular weight excluding hydrogens is 320 g/mol. The van der Waals surface area contributed by atoms with Crippen molar-refractivity contribution in [3.8, 4) is 0 Å². The number of piperazine rings is 1. The molecule has 0 saturated carbocycles. The Morgan fingerprint density at radius 3 is 2.48 bits per heavy atom. The number of sulfonamides is 1. The molecule has 0 aromatic carbocycles. The van der Waals surface area contributed by atoms with Crippen molar-refractivity contribution in [2.45, 2.75) is 5.03 Å². The number of nitrogens with zero attached hydrogens (tertiary/aromatic N) is 3. The van der Waals surface area contributed by atoms with E-state index in [-0.39, 0.29) is 29.8 Å². The number of anilines is 1. The number of rotatable bonds is 3. The number of carbonyl (C=O) groups excluding carboxylic acids is 1. The number of hydrogen-bond donors (Lipinski definition) is 1. The second kappa shape index (κ2) is 6.01. The normalized spacial score (nSPS) is 16.4. The Morgan fingerprint density at radius 1 is 1.17 bits per heavy atom. The molecule has 23 heavy (non-hydrogen) atoms. The minimum absolute atomic E-state index is 0.0440. The molecule has 1 amide bonds. The minimum Gasteiger partial charge on any atom is -0.459 e. The maximum atomic E-state index is 12.5. The maximum Gasteiger partial charge on any atom is 0.289 e. The first-order chi connectivity index (χ1) is 11.0. The van der Waals surface area contributed by atoms with Gasteiger partial charge >= 0.3 is 0 Å². The Kier molecular flexibility index (Phi) is 4.05. The van der Waals surface area contributed by atoms with Gasteiger partial charge in [0.15, 0.2) is 10.8 Å². The summed E-state index contributed by atoms with van der Waals surface area (Å²) in [5.41, 5.74) is 5.92. The predicted octanol–water partition coefficient (Wildman–Crippen LogP) is 0.403. The van der Waals surface area contributed by atoms with Crippen LogP contribution in [0.1, 0.15) is 10.6 Å². The van der Waals surface area contributed by atoms with Gasteiger partial charge in [-0.15, -0.1) is 0 Å². The van der Waals surface area contributed by atoms with E-state index in [1.54, 1.807) is 17.0 Å². The molecule has 0 unspecified atom stereocenters. The summed E-state index contributed by atoms with van der Waals surface area (Å²) in [4.78, 5) is 17.6. The van der Waals surface area contributed by atoms with Crippen molar-refractivity contribution >= 4 is 21.6 Å². The summed E-state index contributed by atoms with van der Waals surface area (Å²) >= 11 is 0. The zero-order valence-electron chi connectivity index (χ0n) is 12.3. The zero-order valence-corrected chi connectivity index (χ0v) is 13.1. The smallest absolute Gasteiger partial charge is 0.289 e. The first-order valence-corrected chi connectivity index (χ1v) is 8.47. The van der Waals surface area contributed by atoms with E-state index >= 15 is 0 Å². The van der Waals surface area contributed by atoms with Gasteiger partial charge in [-0.2, -0.15) is 4.31 Å². The minimum atomic E-state index is -3.68. The van der Waals surface area contributed by atoms with E-state index in [2.05, 4.69) is 4.98 Å². The molecule has 2 N–H and O–H groups in total. The highest BCUT2D eigenvalue weighted by molar-refractivity contribution is 7.89. The number of amides is 1. The summed E-state index contributed by atoms with van der Waals surface area (Å²) < 4.78 is 31.4. The quantitative estimate of drug-likeness (QED) is 0.869. The number of carbonyl (C=O) groups is 1. The molecule has 1 saturated heterocycles. The van der Waals surface area contributed by atoms with E-state index in [1.807, 2.05) is 0 Å². The summed E-state index contributed by atoms with van der Waals surface area (Å²) in [6.07, 6.45) is 2.74. The molecule has 8 nitrogen and oxygen atoms in total. The van der Waals surface area contributed by atoms with Gasteiger partial charge in [0.1, 0.15) is 0 Å². The monoisotopic (exact) mass is 336 g/mol. The Morgan fingerprint density at radius 2 is 1.91 bits per heavy atom. The molecule has 1 fully saturated rings. The van der Waals surface area contributed by atoms with Gasteiger partial charge in [-0.05, 0) is 24.3 Å². The van der Waals surface area contributed by atoms with Gasteiger partial charge in [-0.25, -0.2) is 13.4 Å². The van der Waals surface area contributed by atoms with Crippen molar-refractivity contribution in [2.75, 3.05) is 31.9 Å². The molecule has 0 bridgehead atoms. The van der Waals surface area contributed by atoms with E-state index in [9.17, 15) is 13.2 Å². The summed E-state index contributed by atoms with van der Waals surface area (Å²) in [7, 11) is -3.68. The van der Waals surface area contributed by atoms with Crippen LogP contribution >= 0.6 is 0 Å². The van der Waals surface area contributed by atoms with Gasteiger partial charge < -0.3 is 15.1 Å². The Balaban J connectivity index is 1.69. The second-order valence-electron chi connectivity index (χ2n) is 5.10. The lowest BCUT2D eigenvalue weighted by Crippen LogP contribution is -2.50. The molecule has 0 aliphatic carbocycles. The topological polar surface area (TPSA) is 110 Å². The molecular formula is C14H16N4O4S. The van der Waals surface area contributed by atoms with Crippen molar-refractivity contribution < 1.29 is 17.6 Å². The average Bonchev–Trinajstić information content (AvgIpc) is 3.09. The Bertz CT molecular complexity index is 779. The predicted molar refractivity (Wildman–Crippen MR) is 82.0 cm³/mol. The molecule has 3 heterocycles. The van der Waals surface area contributed by atoms with Crippen LogP contribution in [0.25, 0.3) is 0 Å². The highest BCUT2D eigenvalue weighted by Crippen LogP contribution is 2.17. The van der Waals surface area contributed by atoms with E-state index in [0.29, 0.717) is 18.8 Å². The summed E-state index contributed by atoms with van der Waals surface area (Å²) in [5, 5.41) is -0.0440. The molecule has 0 atom stereocenters. The first-order valence-electron chi connectivity index (χ1n) is 7.03. The van der Waals surface area contributed by atoms with Crippen LogP contribution in [0.5, 0.6) is 0 Å². The van der Waals surface area contributed by atoms with E-state index in [4.69, 9.17) is 10.2 Å². The third kappa shape index (κ3) is 3.06. The number of nitrogens with two attached hydrogens (primary N) is 1. The van der Waals surface area contributed by atoms with Crippen LogP contribution in [-0.4, -0.2) is 54.7 Å². The molecule has 3 rings (SSSR count). The number of furan rings is 1. The lowest BCUT2D eigenvalue weighted by Gasteiger charge is -2.33. The summed E-state index contributed by atoms with van der Waals surface area (Å²) in [6, 6.07) is 6.10. The molecule has 2 aromatic rings. The molecule has 0 spiro atoms. The van der Waals surface area contributed by atoms with Crippen LogP contribution < -0.4 is 5.73 Å². The molecule has 9 heteroatoms. The van der Waals surface area contributed by atoms with Crippen LogP contribution in [0.3, 0.4) is 0 Å². The maximum absolute atomic E-state index is 12.5. The Hall–Kier alpha value is -2.39. The fourth-order valence-corrected chi connectivity index (χ4v) is 3.70. The Labute approximate surface area is 133 Å². The summed E-state index contributed by atoms with van der Waals surface area (Å²) in [5.74, 6) is 0.0131. The van der Waals surface area contributed by atoms with Crippen LogP contribution in [0, 0.1) is 0 Å². The van der Waals surface area contributed by atoms with Crippen molar-refractivity contribution in [1.82, 2.24) is 14.2 Å². The van der Waals surface area contributed by atoms with Crippen LogP contribution in [-0.2, 0) is 10.0 Å². The summed E-state index contributed by atoms with van der Waals surface area (Å²) in [6.45, 7) is 1.02. The molecule has 1 aliphatic rings. The zero-order chi connectivity index (χ0) is 16.4. The standard InChI is InChI=1S/C14H16N4O4S/c15-11-3-4-13(16-10-11)23(20,21)18-7-5-17(6-8-18)14(19)12-2-1-9-22-12/h1-4,9-10H,5-8,15H2. The van der Waals surface area contributed by atoms with Crippen molar-refractivity contribution in [3.05, 3.63) is 42.5 Å². The third-order valence-corrected chi connectivity index (χ3v) is 5.44. The van der Waals surface area contributed by atoms with Gasteiger partial charge in [0.05, 0.1) is 18.1 Å². The van der Waals surface area contributed by atoms with E-state index in [0.717, 1.165) is 0 Å². The van der Waals surface area contributed by atoms with E-state index < -0.39 is 10.0 Å². The fraction of sp³-hybridized carbons (Fsp3) is 0.286. The van der Waals surface area contributed by atoms with Crippen LogP contribution in [0.2, 0.25) is 0 Å². The first kappa shape index (κ1) is 15.5.